The van der Waals surface area contributed by atoms with E-state index in [9.17, 15) is 13.2 Å². The van der Waals surface area contributed by atoms with Crippen LogP contribution in [-0.4, -0.2) is 31.2 Å². The maximum absolute atomic E-state index is 13.0. The highest BCUT2D eigenvalue weighted by Crippen LogP contribution is 2.26. The van der Waals surface area contributed by atoms with Gasteiger partial charge in [0.05, 0.1) is 4.90 Å². The Morgan fingerprint density at radius 1 is 1.19 bits per heavy atom. The Hall–Kier alpha value is -1.89. The first kappa shape index (κ1) is 19.9. The second-order valence-electron chi connectivity index (χ2n) is 6.79. The van der Waals surface area contributed by atoms with Gasteiger partial charge in [-0.25, -0.2) is 8.42 Å². The molecule has 3 rings (SSSR count). The molecule has 1 N–H and O–H groups in total. The number of hydrogen-bond acceptors (Lipinski definition) is 3. The number of piperidine rings is 1. The minimum atomic E-state index is -3.75. The Bertz CT molecular complexity index is 913. The summed E-state index contributed by atoms with van der Waals surface area (Å²) in [5, 5.41) is 3.36. The molecule has 1 amide bonds. The molecule has 0 spiro atoms. The zero-order valence-corrected chi connectivity index (χ0v) is 16.8. The van der Waals surface area contributed by atoms with Gasteiger partial charge < -0.3 is 5.32 Å². The SMILES string of the molecule is Cc1cccc(CNC(=O)[C@@H]2CCCCN2S(=O)(=O)c2ccc(Cl)cc2)c1. The molecule has 1 aliphatic heterocycles. The van der Waals surface area contributed by atoms with E-state index in [1.807, 2.05) is 31.2 Å². The van der Waals surface area contributed by atoms with E-state index in [-0.39, 0.29) is 10.8 Å². The largest absolute Gasteiger partial charge is 0.351 e. The van der Waals surface area contributed by atoms with E-state index in [2.05, 4.69) is 5.32 Å². The quantitative estimate of drug-likeness (QED) is 0.826. The van der Waals surface area contributed by atoms with Crippen LogP contribution in [0.5, 0.6) is 0 Å². The van der Waals surface area contributed by atoms with Crippen LogP contribution in [0.2, 0.25) is 5.02 Å². The van der Waals surface area contributed by atoms with Gasteiger partial charge in [-0.15, -0.1) is 0 Å². The van der Waals surface area contributed by atoms with E-state index in [0.717, 1.165) is 24.0 Å². The number of nitrogens with one attached hydrogen (secondary N) is 1. The number of halogens is 1. The number of rotatable bonds is 5. The molecule has 0 unspecified atom stereocenters. The summed E-state index contributed by atoms with van der Waals surface area (Å²) >= 11 is 5.86. The molecule has 1 saturated heterocycles. The van der Waals surface area contributed by atoms with Crippen molar-refractivity contribution in [2.75, 3.05) is 6.54 Å². The van der Waals surface area contributed by atoms with Gasteiger partial charge >= 0.3 is 0 Å². The van der Waals surface area contributed by atoms with Crippen LogP contribution in [0, 0.1) is 6.92 Å². The lowest BCUT2D eigenvalue weighted by Gasteiger charge is -2.33. The zero-order chi connectivity index (χ0) is 19.4. The van der Waals surface area contributed by atoms with Gasteiger partial charge in [-0.1, -0.05) is 47.9 Å². The predicted molar refractivity (Wildman–Crippen MR) is 106 cm³/mol. The van der Waals surface area contributed by atoms with Crippen molar-refractivity contribution >= 4 is 27.5 Å². The molecule has 1 heterocycles. The Kier molecular flexibility index (Phi) is 6.19. The summed E-state index contributed by atoms with van der Waals surface area (Å²) in [7, 11) is -3.75. The molecule has 0 aliphatic carbocycles. The van der Waals surface area contributed by atoms with Crippen molar-refractivity contribution in [3.05, 3.63) is 64.7 Å². The molecule has 2 aromatic rings. The van der Waals surface area contributed by atoms with E-state index < -0.39 is 16.1 Å². The lowest BCUT2D eigenvalue weighted by atomic mass is 10.0. The highest BCUT2D eigenvalue weighted by Gasteiger charge is 2.37. The maximum atomic E-state index is 13.0. The number of aryl methyl sites for hydroxylation is 1. The highest BCUT2D eigenvalue weighted by atomic mass is 35.5. The summed E-state index contributed by atoms with van der Waals surface area (Å²) in [5.41, 5.74) is 2.11. The smallest absolute Gasteiger partial charge is 0.243 e. The molecule has 5 nitrogen and oxygen atoms in total. The molecule has 0 saturated carbocycles. The van der Waals surface area contributed by atoms with Crippen LogP contribution >= 0.6 is 11.6 Å². The minimum absolute atomic E-state index is 0.158. The number of hydrogen-bond donors (Lipinski definition) is 1. The zero-order valence-electron chi connectivity index (χ0n) is 15.2. The fourth-order valence-corrected chi connectivity index (χ4v) is 5.11. The van der Waals surface area contributed by atoms with Gasteiger partial charge in [0.2, 0.25) is 15.9 Å². The van der Waals surface area contributed by atoms with Crippen LogP contribution in [0.3, 0.4) is 0 Å². The monoisotopic (exact) mass is 406 g/mol. The summed E-state index contributed by atoms with van der Waals surface area (Å²) in [6.45, 7) is 2.71. The summed E-state index contributed by atoms with van der Waals surface area (Å²) in [5.74, 6) is -0.256. The van der Waals surface area contributed by atoms with Gasteiger partial charge in [0.25, 0.3) is 0 Å². The third-order valence-electron chi connectivity index (χ3n) is 4.73. The van der Waals surface area contributed by atoms with Crippen molar-refractivity contribution in [2.45, 2.75) is 43.7 Å². The van der Waals surface area contributed by atoms with Crippen molar-refractivity contribution in [2.24, 2.45) is 0 Å². The summed E-state index contributed by atoms with van der Waals surface area (Å²) < 4.78 is 27.4. The number of carbonyl (C=O) groups excluding carboxylic acids is 1. The van der Waals surface area contributed by atoms with Gasteiger partial charge in [-0.2, -0.15) is 4.31 Å². The third-order valence-corrected chi connectivity index (χ3v) is 6.90. The van der Waals surface area contributed by atoms with E-state index in [0.29, 0.717) is 24.5 Å². The van der Waals surface area contributed by atoms with Gasteiger partial charge in [0.15, 0.2) is 0 Å². The van der Waals surface area contributed by atoms with Crippen molar-refractivity contribution < 1.29 is 13.2 Å². The second kappa shape index (κ2) is 8.42. The molecule has 0 bridgehead atoms. The summed E-state index contributed by atoms with van der Waals surface area (Å²) in [4.78, 5) is 12.9. The first-order valence-electron chi connectivity index (χ1n) is 8.98. The topological polar surface area (TPSA) is 66.5 Å². The fraction of sp³-hybridized carbons (Fsp3) is 0.350. The molecule has 1 aliphatic rings. The minimum Gasteiger partial charge on any atom is -0.351 e. The number of amides is 1. The Morgan fingerprint density at radius 2 is 1.93 bits per heavy atom. The summed E-state index contributed by atoms with van der Waals surface area (Å²) in [6.07, 6.45) is 2.09. The maximum Gasteiger partial charge on any atom is 0.243 e. The standard InChI is InChI=1S/C20H23ClN2O3S/c1-15-5-4-6-16(13-15)14-22-20(24)19-7-2-3-12-23(19)27(25,26)18-10-8-17(21)9-11-18/h4-6,8-11,13,19H,2-3,7,12,14H2,1H3,(H,22,24)/t19-/m0/s1. The van der Waals surface area contributed by atoms with Gasteiger partial charge in [-0.3, -0.25) is 4.79 Å². The Labute approximate surface area is 165 Å². The first-order chi connectivity index (χ1) is 12.9. The molecular formula is C20H23ClN2O3S. The number of nitrogens with zero attached hydrogens (tertiary/aromatic N) is 1. The predicted octanol–water partition coefficient (Wildman–Crippen LogP) is 3.51. The number of sulfonamides is 1. The van der Waals surface area contributed by atoms with Gasteiger partial charge in [0.1, 0.15) is 6.04 Å². The lowest BCUT2D eigenvalue weighted by molar-refractivity contribution is -0.125. The summed E-state index contributed by atoms with van der Waals surface area (Å²) in [6, 6.07) is 13.2. The molecule has 0 radical (unpaired) electrons. The lowest BCUT2D eigenvalue weighted by Crippen LogP contribution is -2.51. The van der Waals surface area contributed by atoms with Crippen LogP contribution < -0.4 is 5.32 Å². The van der Waals surface area contributed by atoms with Crippen molar-refractivity contribution in [3.8, 4) is 0 Å². The highest BCUT2D eigenvalue weighted by molar-refractivity contribution is 7.89. The average Bonchev–Trinajstić information content (AvgIpc) is 2.66. The molecule has 2 aromatic carbocycles. The van der Waals surface area contributed by atoms with Crippen LogP contribution in [-0.2, 0) is 21.4 Å². The average molecular weight is 407 g/mol. The molecule has 1 fully saturated rings. The van der Waals surface area contributed by atoms with Gasteiger partial charge in [-0.05, 0) is 49.6 Å². The molecule has 1 atom stereocenters. The number of benzene rings is 2. The van der Waals surface area contributed by atoms with E-state index in [1.54, 1.807) is 12.1 Å². The normalized spacial score (nSPS) is 18.2. The molecule has 144 valence electrons. The van der Waals surface area contributed by atoms with Crippen molar-refractivity contribution in [1.82, 2.24) is 9.62 Å². The van der Waals surface area contributed by atoms with E-state index in [4.69, 9.17) is 11.6 Å². The number of carbonyl (C=O) groups is 1. The van der Waals surface area contributed by atoms with Crippen molar-refractivity contribution in [3.63, 3.8) is 0 Å². The van der Waals surface area contributed by atoms with Crippen LogP contribution in [0.25, 0.3) is 0 Å². The van der Waals surface area contributed by atoms with Gasteiger partial charge in [0, 0.05) is 18.1 Å². The fourth-order valence-electron chi connectivity index (χ4n) is 3.33. The van der Waals surface area contributed by atoms with Crippen LogP contribution in [0.15, 0.2) is 53.4 Å². The van der Waals surface area contributed by atoms with Crippen LogP contribution in [0.1, 0.15) is 30.4 Å². The first-order valence-corrected chi connectivity index (χ1v) is 10.8. The molecule has 7 heteroatoms. The Balaban J connectivity index is 1.76. The van der Waals surface area contributed by atoms with Crippen LogP contribution in [0.4, 0.5) is 0 Å². The van der Waals surface area contributed by atoms with E-state index in [1.165, 1.54) is 16.4 Å². The molecule has 0 aromatic heterocycles. The van der Waals surface area contributed by atoms with Crippen molar-refractivity contribution in [1.29, 1.82) is 0 Å². The Morgan fingerprint density at radius 3 is 2.63 bits per heavy atom. The second-order valence-corrected chi connectivity index (χ2v) is 9.12. The van der Waals surface area contributed by atoms with E-state index >= 15 is 0 Å². The third kappa shape index (κ3) is 4.69. The molecular weight excluding hydrogens is 384 g/mol. The molecule has 27 heavy (non-hydrogen) atoms.